The smallest absolute Gasteiger partial charge is 0.404 e. The quantitative estimate of drug-likeness (QED) is 0.122. The lowest BCUT2D eigenvalue weighted by molar-refractivity contribution is -0.774. The standard InChI is InChI=1S/C25H41N3O10/c1-16(2)18(12-17-8-9-21(36-6)22(13-17)37-11-7-10-35-5)14-19(27-24(31)32)20(29)15-26-23(30)25(3,4)38-28(33)34/h8-9,13,16,18-20,27,29H,7,10-12,14-15H2,1-6H3,(H,26,30)(H,31,32)/t18-,19+,20+/m1/s1. The molecule has 0 aliphatic heterocycles. The molecular formula is C25H41N3O10. The van der Waals surface area contributed by atoms with Crippen LogP contribution in [0, 0.1) is 22.0 Å². The Balaban J connectivity index is 2.97. The van der Waals surface area contributed by atoms with E-state index >= 15 is 0 Å². The second-order valence-electron chi connectivity index (χ2n) is 9.78. The van der Waals surface area contributed by atoms with Crippen LogP contribution in [0.1, 0.15) is 46.1 Å². The molecule has 1 aromatic carbocycles. The molecule has 0 saturated heterocycles. The van der Waals surface area contributed by atoms with Gasteiger partial charge < -0.3 is 35.1 Å². The number of aliphatic hydroxyl groups excluding tert-OH is 1. The molecule has 0 bridgehead atoms. The van der Waals surface area contributed by atoms with Gasteiger partial charge in [0.15, 0.2) is 17.1 Å². The van der Waals surface area contributed by atoms with E-state index in [1.165, 1.54) is 13.8 Å². The predicted molar refractivity (Wildman–Crippen MR) is 138 cm³/mol. The molecule has 38 heavy (non-hydrogen) atoms. The normalized spacial score (nSPS) is 13.8. The highest BCUT2D eigenvalue weighted by Gasteiger charge is 2.33. The van der Waals surface area contributed by atoms with Crippen molar-refractivity contribution in [3.63, 3.8) is 0 Å². The third-order valence-electron chi connectivity index (χ3n) is 6.07. The molecule has 0 aliphatic rings. The zero-order chi connectivity index (χ0) is 28.9. The van der Waals surface area contributed by atoms with Crippen molar-refractivity contribution >= 4 is 12.0 Å². The SMILES string of the molecule is COCCCOc1cc(C[C@H](C[C@H](NC(=O)O)[C@@H](O)CNC(=O)C(C)(C)O[N+](=O)[O-])C(C)C)ccc1OC. The highest BCUT2D eigenvalue weighted by molar-refractivity contribution is 5.84. The van der Waals surface area contributed by atoms with Crippen molar-refractivity contribution in [1.29, 1.82) is 0 Å². The summed E-state index contributed by atoms with van der Waals surface area (Å²) in [4.78, 5) is 38.8. The molecule has 0 fully saturated rings. The van der Waals surface area contributed by atoms with Crippen LogP contribution >= 0.6 is 0 Å². The van der Waals surface area contributed by atoms with Crippen LogP contribution in [0.3, 0.4) is 0 Å². The molecule has 1 aromatic rings. The molecule has 4 N–H and O–H groups in total. The average Bonchev–Trinajstić information content (AvgIpc) is 2.82. The summed E-state index contributed by atoms with van der Waals surface area (Å²) in [6.45, 7) is 7.11. The van der Waals surface area contributed by atoms with E-state index in [0.717, 1.165) is 5.56 Å². The summed E-state index contributed by atoms with van der Waals surface area (Å²) in [6, 6.07) is 4.69. The molecule has 0 spiro atoms. The summed E-state index contributed by atoms with van der Waals surface area (Å²) < 4.78 is 16.3. The highest BCUT2D eigenvalue weighted by Crippen LogP contribution is 2.31. The second-order valence-corrected chi connectivity index (χ2v) is 9.78. The van der Waals surface area contributed by atoms with Gasteiger partial charge in [-0.2, -0.15) is 0 Å². The summed E-state index contributed by atoms with van der Waals surface area (Å²) in [5.41, 5.74) is -0.835. The predicted octanol–water partition coefficient (Wildman–Crippen LogP) is 2.42. The first-order valence-electron chi connectivity index (χ1n) is 12.4. The lowest BCUT2D eigenvalue weighted by Gasteiger charge is -2.30. The third kappa shape index (κ3) is 11.4. The maximum Gasteiger partial charge on any atom is 0.404 e. The zero-order valence-corrected chi connectivity index (χ0v) is 22.9. The number of hydrogen-bond donors (Lipinski definition) is 4. The Hall–Kier alpha value is -3.32. The number of carbonyl (C=O) groups excluding carboxylic acids is 1. The minimum absolute atomic E-state index is 0.0544. The maximum absolute atomic E-state index is 12.3. The van der Waals surface area contributed by atoms with Crippen LogP contribution in [0.15, 0.2) is 18.2 Å². The number of carboxylic acid groups (broad SMARTS) is 1. The first kappa shape index (κ1) is 32.7. The summed E-state index contributed by atoms with van der Waals surface area (Å²) in [5.74, 6) is 0.426. The fraction of sp³-hybridized carbons (Fsp3) is 0.680. The van der Waals surface area contributed by atoms with Gasteiger partial charge in [-0.3, -0.25) is 9.63 Å². The Bertz CT molecular complexity index is 909. The topological polar surface area (TPSA) is 179 Å². The van der Waals surface area contributed by atoms with Crippen molar-refractivity contribution in [3.05, 3.63) is 33.9 Å². The Kier molecular flexibility index (Phi) is 13.6. The van der Waals surface area contributed by atoms with E-state index in [0.29, 0.717) is 37.6 Å². The van der Waals surface area contributed by atoms with E-state index in [4.69, 9.17) is 14.2 Å². The van der Waals surface area contributed by atoms with Gasteiger partial charge in [-0.1, -0.05) is 19.9 Å². The number of rotatable bonds is 18. The number of ether oxygens (including phenoxy) is 3. The van der Waals surface area contributed by atoms with Crippen molar-refractivity contribution in [2.24, 2.45) is 11.8 Å². The summed E-state index contributed by atoms with van der Waals surface area (Å²) in [6.07, 6.45) is -1.07. The molecule has 0 radical (unpaired) electrons. The second kappa shape index (κ2) is 15.8. The molecule has 0 saturated carbocycles. The molecule has 1 rings (SSSR count). The van der Waals surface area contributed by atoms with E-state index in [9.17, 15) is 29.9 Å². The van der Waals surface area contributed by atoms with Crippen LogP contribution in [0.4, 0.5) is 4.79 Å². The molecule has 216 valence electrons. The molecule has 13 heteroatoms. The number of carbonyl (C=O) groups is 2. The molecule has 13 nitrogen and oxygen atoms in total. The molecule has 3 atom stereocenters. The summed E-state index contributed by atoms with van der Waals surface area (Å²) in [7, 11) is 3.18. The number of aliphatic hydroxyl groups is 1. The van der Waals surface area contributed by atoms with Gasteiger partial charge >= 0.3 is 6.09 Å². The van der Waals surface area contributed by atoms with Gasteiger partial charge in [0.2, 0.25) is 0 Å². The summed E-state index contributed by atoms with van der Waals surface area (Å²) in [5, 5.41) is 34.4. The summed E-state index contributed by atoms with van der Waals surface area (Å²) >= 11 is 0. The van der Waals surface area contributed by atoms with E-state index in [2.05, 4.69) is 15.5 Å². The molecule has 2 amide bonds. The Morgan fingerprint density at radius 1 is 1.16 bits per heavy atom. The fourth-order valence-corrected chi connectivity index (χ4v) is 3.82. The minimum atomic E-state index is -1.78. The van der Waals surface area contributed by atoms with Gasteiger partial charge in [-0.15, -0.1) is 10.1 Å². The van der Waals surface area contributed by atoms with E-state index in [-0.39, 0.29) is 24.8 Å². The van der Waals surface area contributed by atoms with Gasteiger partial charge in [0, 0.05) is 26.7 Å². The Labute approximate surface area is 222 Å². The molecule has 0 heterocycles. The van der Waals surface area contributed by atoms with Gasteiger partial charge in [0.05, 0.1) is 25.9 Å². The Morgan fingerprint density at radius 3 is 2.39 bits per heavy atom. The van der Waals surface area contributed by atoms with Crippen LogP contribution in [-0.4, -0.2) is 79.0 Å². The van der Waals surface area contributed by atoms with Crippen molar-refractivity contribution in [2.75, 3.05) is 34.0 Å². The minimum Gasteiger partial charge on any atom is -0.493 e. The van der Waals surface area contributed by atoms with Crippen molar-refractivity contribution in [3.8, 4) is 11.5 Å². The van der Waals surface area contributed by atoms with Gasteiger partial charge in [0.25, 0.3) is 11.0 Å². The van der Waals surface area contributed by atoms with Gasteiger partial charge in [0.1, 0.15) is 0 Å². The lowest BCUT2D eigenvalue weighted by atomic mass is 9.83. The highest BCUT2D eigenvalue weighted by atomic mass is 17.0. The fourth-order valence-electron chi connectivity index (χ4n) is 3.82. The number of amides is 2. The van der Waals surface area contributed by atoms with Gasteiger partial charge in [-0.25, -0.2) is 4.79 Å². The zero-order valence-electron chi connectivity index (χ0n) is 22.9. The van der Waals surface area contributed by atoms with Crippen LogP contribution in [0.2, 0.25) is 0 Å². The molecule has 0 aliphatic carbocycles. The maximum atomic E-state index is 12.3. The van der Waals surface area contributed by atoms with Crippen LogP contribution in [0.5, 0.6) is 11.5 Å². The first-order chi connectivity index (χ1) is 17.8. The average molecular weight is 544 g/mol. The number of hydrogen-bond acceptors (Lipinski definition) is 9. The van der Waals surface area contributed by atoms with Crippen LogP contribution in [-0.2, 0) is 20.8 Å². The number of benzene rings is 1. The number of nitrogens with zero attached hydrogens (tertiary/aromatic N) is 1. The van der Waals surface area contributed by atoms with Crippen LogP contribution in [0.25, 0.3) is 0 Å². The molecular weight excluding hydrogens is 502 g/mol. The lowest BCUT2D eigenvalue weighted by Crippen LogP contribution is -2.52. The first-order valence-corrected chi connectivity index (χ1v) is 12.4. The van der Waals surface area contributed by atoms with Gasteiger partial charge in [-0.05, 0) is 56.2 Å². The van der Waals surface area contributed by atoms with Crippen molar-refractivity contribution in [2.45, 2.75) is 64.7 Å². The van der Waals surface area contributed by atoms with E-state index in [1.54, 1.807) is 14.2 Å². The monoisotopic (exact) mass is 543 g/mol. The molecule has 0 aromatic heterocycles. The third-order valence-corrected chi connectivity index (χ3v) is 6.07. The number of nitrogens with one attached hydrogen (secondary N) is 2. The van der Waals surface area contributed by atoms with Crippen molar-refractivity contribution < 1.29 is 43.9 Å². The molecule has 0 unspecified atom stereocenters. The Morgan fingerprint density at radius 2 is 1.84 bits per heavy atom. The van der Waals surface area contributed by atoms with Crippen LogP contribution < -0.4 is 20.1 Å². The largest absolute Gasteiger partial charge is 0.493 e. The van der Waals surface area contributed by atoms with Crippen molar-refractivity contribution in [1.82, 2.24) is 10.6 Å². The number of methoxy groups -OCH3 is 2. The van der Waals surface area contributed by atoms with E-state index in [1.807, 2.05) is 32.0 Å². The van der Waals surface area contributed by atoms with E-state index < -0.39 is 34.8 Å².